The molecule has 0 amide bonds. The fraction of sp³-hybridized carbons (Fsp3) is 1.00. The smallest absolute Gasteiger partial charge is 0.187 e. The summed E-state index contributed by atoms with van der Waals surface area (Å²) in [5, 5.41) is 76.5. The maximum atomic E-state index is 9.94. The third kappa shape index (κ3) is 4.15. The molecule has 11 nitrogen and oxygen atoms in total. The van der Waals surface area contributed by atoms with Crippen molar-refractivity contribution in [2.75, 3.05) is 13.2 Å². The molecule has 2 aliphatic heterocycles. The minimum Gasteiger partial charge on any atom is -0.394 e. The minimum atomic E-state index is -1.74. The van der Waals surface area contributed by atoms with Crippen molar-refractivity contribution < 1.29 is 55.1 Å². The van der Waals surface area contributed by atoms with E-state index in [4.69, 9.17) is 19.3 Å². The Hall–Kier alpha value is -0.150. The van der Waals surface area contributed by atoms with Gasteiger partial charge in [-0.1, -0.05) is 0 Å². The lowest BCUT2D eigenvalue weighted by molar-refractivity contribution is -0.355. The van der Waals surface area contributed by atoms with Crippen LogP contribution >= 0.6 is 12.4 Å². The van der Waals surface area contributed by atoms with Gasteiger partial charge in [-0.15, -0.1) is 12.4 Å². The Kier molecular flexibility index (Phi) is 8.19. The summed E-state index contributed by atoms with van der Waals surface area (Å²) < 4.78 is 15.3. The van der Waals surface area contributed by atoms with Gasteiger partial charge in [0.2, 0.25) is 0 Å². The standard InChI is InChI=1S/C12H22O11.ClH/c13-1-3-5(15)6(16)9(19)12(22-3)23-10-4(2-14)21-11(20)8(18)7(10)17;/h3-20H,1-2H2;1H/t3-,4-,5+,6+,7-,8-,9-,10-,11-,12+;/m1./s1. The van der Waals surface area contributed by atoms with E-state index in [-0.39, 0.29) is 12.4 Å². The average molecular weight is 379 g/mol. The maximum absolute atomic E-state index is 9.94. The summed E-state index contributed by atoms with van der Waals surface area (Å²) in [5.41, 5.74) is 0. The predicted octanol–water partition coefficient (Wildman–Crippen LogP) is -4.98. The number of rotatable bonds is 4. The molecule has 8 N–H and O–H groups in total. The van der Waals surface area contributed by atoms with Gasteiger partial charge in [-0.2, -0.15) is 0 Å². The first-order valence-electron chi connectivity index (χ1n) is 7.08. The van der Waals surface area contributed by atoms with Crippen LogP contribution in [0.4, 0.5) is 0 Å². The van der Waals surface area contributed by atoms with Gasteiger partial charge in [0.25, 0.3) is 0 Å². The van der Waals surface area contributed by atoms with Crippen LogP contribution in [0.2, 0.25) is 0 Å². The lowest BCUT2D eigenvalue weighted by atomic mass is 9.97. The molecule has 2 heterocycles. The number of ether oxygens (including phenoxy) is 3. The zero-order valence-corrected chi connectivity index (χ0v) is 13.2. The van der Waals surface area contributed by atoms with Gasteiger partial charge in [0.1, 0.15) is 48.8 Å². The van der Waals surface area contributed by atoms with Gasteiger partial charge in [-0.05, 0) is 0 Å². The lowest BCUT2D eigenvalue weighted by Crippen LogP contribution is -2.64. The first-order chi connectivity index (χ1) is 10.8. The highest BCUT2D eigenvalue weighted by Gasteiger charge is 2.50. The van der Waals surface area contributed by atoms with Crippen LogP contribution in [0.15, 0.2) is 0 Å². The van der Waals surface area contributed by atoms with Crippen LogP contribution in [0.25, 0.3) is 0 Å². The molecular weight excluding hydrogens is 356 g/mol. The molecular formula is C12H23ClO11. The van der Waals surface area contributed by atoms with Crippen molar-refractivity contribution in [3.63, 3.8) is 0 Å². The molecule has 0 aromatic rings. The highest BCUT2D eigenvalue weighted by atomic mass is 35.5. The number of aliphatic hydroxyl groups is 8. The van der Waals surface area contributed by atoms with E-state index < -0.39 is 74.6 Å². The monoisotopic (exact) mass is 378 g/mol. The third-order valence-electron chi connectivity index (χ3n) is 3.98. The third-order valence-corrected chi connectivity index (χ3v) is 3.98. The Labute approximate surface area is 143 Å². The van der Waals surface area contributed by atoms with Crippen molar-refractivity contribution >= 4 is 12.4 Å². The lowest BCUT2D eigenvalue weighted by Gasteiger charge is -2.45. The molecule has 2 aliphatic rings. The molecule has 0 radical (unpaired) electrons. The van der Waals surface area contributed by atoms with Crippen molar-refractivity contribution in [2.24, 2.45) is 0 Å². The Morgan fingerprint density at radius 3 is 1.79 bits per heavy atom. The summed E-state index contributed by atoms with van der Waals surface area (Å²) in [6.07, 6.45) is -15.6. The van der Waals surface area contributed by atoms with Crippen molar-refractivity contribution in [3.05, 3.63) is 0 Å². The van der Waals surface area contributed by atoms with E-state index in [0.717, 1.165) is 0 Å². The highest BCUT2D eigenvalue weighted by molar-refractivity contribution is 5.85. The Morgan fingerprint density at radius 2 is 1.25 bits per heavy atom. The van der Waals surface area contributed by atoms with Gasteiger partial charge in [-0.25, -0.2) is 0 Å². The van der Waals surface area contributed by atoms with Crippen molar-refractivity contribution in [1.29, 1.82) is 0 Å². The summed E-state index contributed by atoms with van der Waals surface area (Å²) in [7, 11) is 0. The molecule has 0 saturated carbocycles. The first-order valence-corrected chi connectivity index (χ1v) is 7.08. The van der Waals surface area contributed by atoms with Crippen LogP contribution in [0.1, 0.15) is 0 Å². The van der Waals surface area contributed by atoms with Crippen molar-refractivity contribution in [3.8, 4) is 0 Å². The molecule has 2 rings (SSSR count). The van der Waals surface area contributed by atoms with E-state index in [1.165, 1.54) is 0 Å². The second kappa shape index (κ2) is 8.98. The largest absolute Gasteiger partial charge is 0.394 e. The highest BCUT2D eigenvalue weighted by Crippen LogP contribution is 2.28. The van der Waals surface area contributed by atoms with Crippen LogP contribution in [0, 0.1) is 0 Å². The van der Waals surface area contributed by atoms with E-state index in [2.05, 4.69) is 0 Å². The van der Waals surface area contributed by atoms with E-state index in [1.807, 2.05) is 0 Å². The van der Waals surface area contributed by atoms with Crippen LogP contribution in [-0.2, 0) is 14.2 Å². The summed E-state index contributed by atoms with van der Waals surface area (Å²) in [6.45, 7) is -1.35. The van der Waals surface area contributed by atoms with Gasteiger partial charge < -0.3 is 55.1 Å². The zero-order valence-electron chi connectivity index (χ0n) is 12.4. The van der Waals surface area contributed by atoms with Crippen molar-refractivity contribution in [2.45, 2.75) is 61.4 Å². The quantitative estimate of drug-likeness (QED) is 0.234. The van der Waals surface area contributed by atoms with Gasteiger partial charge in [0.15, 0.2) is 12.6 Å². The predicted molar refractivity (Wildman–Crippen MR) is 75.9 cm³/mol. The van der Waals surface area contributed by atoms with Crippen molar-refractivity contribution in [1.82, 2.24) is 0 Å². The van der Waals surface area contributed by atoms with E-state index in [1.54, 1.807) is 0 Å². The number of aliphatic hydroxyl groups excluding tert-OH is 8. The first kappa shape index (κ1) is 21.9. The second-order valence-electron chi connectivity index (χ2n) is 5.53. The molecule has 24 heavy (non-hydrogen) atoms. The number of halogens is 1. The van der Waals surface area contributed by atoms with Gasteiger partial charge in [-0.3, -0.25) is 0 Å². The van der Waals surface area contributed by atoms with Gasteiger partial charge in [0.05, 0.1) is 13.2 Å². The molecule has 0 spiro atoms. The summed E-state index contributed by atoms with van der Waals surface area (Å²) >= 11 is 0. The summed E-state index contributed by atoms with van der Waals surface area (Å²) in [4.78, 5) is 0. The molecule has 0 aliphatic carbocycles. The molecule has 0 bridgehead atoms. The molecule has 12 heteroatoms. The minimum absolute atomic E-state index is 0. The fourth-order valence-corrected chi connectivity index (χ4v) is 2.57. The Bertz CT molecular complexity index is 384. The fourth-order valence-electron chi connectivity index (χ4n) is 2.57. The van der Waals surface area contributed by atoms with E-state index in [0.29, 0.717) is 0 Å². The number of hydrogen-bond acceptors (Lipinski definition) is 11. The zero-order chi connectivity index (χ0) is 17.3. The molecule has 0 aromatic heterocycles. The van der Waals surface area contributed by atoms with Crippen LogP contribution in [0.5, 0.6) is 0 Å². The summed E-state index contributed by atoms with van der Waals surface area (Å²) in [5.74, 6) is 0. The topological polar surface area (TPSA) is 190 Å². The molecule has 2 fully saturated rings. The van der Waals surface area contributed by atoms with E-state index >= 15 is 0 Å². The Morgan fingerprint density at radius 1 is 0.667 bits per heavy atom. The molecule has 10 atom stereocenters. The maximum Gasteiger partial charge on any atom is 0.187 e. The van der Waals surface area contributed by atoms with Crippen LogP contribution in [0.3, 0.4) is 0 Å². The van der Waals surface area contributed by atoms with Crippen LogP contribution < -0.4 is 0 Å². The van der Waals surface area contributed by atoms with E-state index in [9.17, 15) is 35.7 Å². The average Bonchev–Trinajstić information content (AvgIpc) is 2.55. The van der Waals surface area contributed by atoms with Crippen LogP contribution in [-0.4, -0.2) is 115 Å². The molecule has 2 saturated heterocycles. The normalized spacial score (nSPS) is 49.5. The molecule has 144 valence electrons. The van der Waals surface area contributed by atoms with Gasteiger partial charge >= 0.3 is 0 Å². The van der Waals surface area contributed by atoms with Gasteiger partial charge in [0, 0.05) is 0 Å². The molecule has 0 unspecified atom stereocenters. The SMILES string of the molecule is Cl.OC[C@H]1O[C@@H](O[C@H]2[C@H](O)[C@@H](O)[C@H](O)O[C@@H]2CO)[C@H](O)[C@@H](O)[C@H]1O. The number of hydrogen-bond donors (Lipinski definition) is 8. The second-order valence-corrected chi connectivity index (χ2v) is 5.53. The summed E-state index contributed by atoms with van der Waals surface area (Å²) in [6, 6.07) is 0. The Balaban J connectivity index is 0.00000288. The molecule has 0 aromatic carbocycles.